The summed E-state index contributed by atoms with van der Waals surface area (Å²) in [6, 6.07) is 0. The molecule has 0 aromatic heterocycles. The molecular formula is C8H20O2Ru. The molecule has 0 atom stereocenters. The summed E-state index contributed by atoms with van der Waals surface area (Å²) in [5, 5.41) is 16.1. The average molecular weight is 249 g/mol. The van der Waals surface area contributed by atoms with E-state index in [-0.39, 0.29) is 19.5 Å². The van der Waals surface area contributed by atoms with Gasteiger partial charge in [0.15, 0.2) is 0 Å². The fourth-order valence-corrected chi connectivity index (χ4v) is 0.316. The first-order chi connectivity index (χ1) is 4.83. The van der Waals surface area contributed by atoms with Crippen LogP contribution in [0.1, 0.15) is 39.5 Å². The van der Waals surface area contributed by atoms with Gasteiger partial charge in [0, 0.05) is 32.7 Å². The van der Waals surface area contributed by atoms with Gasteiger partial charge in [-0.05, 0) is 12.8 Å². The maximum absolute atomic E-state index is 8.07. The molecule has 0 aliphatic carbocycles. The van der Waals surface area contributed by atoms with Crippen LogP contribution in [0, 0.1) is 0 Å². The van der Waals surface area contributed by atoms with Gasteiger partial charge in [-0.1, -0.05) is 26.7 Å². The Kier molecular flexibility index (Phi) is 35.8. The SMILES string of the molecule is CCCCO.CCCCO.[Ru]. The van der Waals surface area contributed by atoms with Gasteiger partial charge >= 0.3 is 0 Å². The Labute approximate surface area is 82.8 Å². The molecule has 0 fully saturated rings. The molecule has 0 spiro atoms. The molecule has 0 aliphatic heterocycles. The van der Waals surface area contributed by atoms with Crippen molar-refractivity contribution in [3.63, 3.8) is 0 Å². The molecule has 72 valence electrons. The van der Waals surface area contributed by atoms with Crippen molar-refractivity contribution in [1.82, 2.24) is 0 Å². The second-order valence-corrected chi connectivity index (χ2v) is 2.15. The Bertz CT molecular complexity index is 33.1. The van der Waals surface area contributed by atoms with Crippen LogP contribution < -0.4 is 0 Å². The summed E-state index contributed by atoms with van der Waals surface area (Å²) in [6.07, 6.45) is 4.08. The zero-order chi connectivity index (χ0) is 8.24. The van der Waals surface area contributed by atoms with E-state index in [1.165, 1.54) is 0 Å². The third-order valence-corrected chi connectivity index (χ3v) is 1.02. The molecule has 0 aliphatic rings. The number of aliphatic hydroxyl groups excluding tert-OH is 2. The quantitative estimate of drug-likeness (QED) is 0.742. The molecule has 0 saturated carbocycles. The summed E-state index contributed by atoms with van der Waals surface area (Å²) < 4.78 is 0. The van der Waals surface area contributed by atoms with Crippen molar-refractivity contribution in [2.24, 2.45) is 0 Å². The Morgan fingerprint density at radius 1 is 0.818 bits per heavy atom. The summed E-state index contributed by atoms with van der Waals surface area (Å²) >= 11 is 0. The van der Waals surface area contributed by atoms with E-state index < -0.39 is 0 Å². The van der Waals surface area contributed by atoms with Gasteiger partial charge in [-0.2, -0.15) is 0 Å². The molecule has 0 aromatic rings. The van der Waals surface area contributed by atoms with Gasteiger partial charge in [-0.15, -0.1) is 0 Å². The molecule has 0 saturated heterocycles. The second kappa shape index (κ2) is 22.4. The molecule has 0 amide bonds. The molecule has 0 bridgehead atoms. The van der Waals surface area contributed by atoms with E-state index in [4.69, 9.17) is 10.2 Å². The van der Waals surface area contributed by atoms with Crippen LogP contribution in [0.4, 0.5) is 0 Å². The summed E-state index contributed by atoms with van der Waals surface area (Å²) in [5.74, 6) is 0. The Hall–Kier alpha value is 0.543. The number of hydrogen-bond acceptors (Lipinski definition) is 2. The van der Waals surface area contributed by atoms with Crippen LogP contribution in [-0.4, -0.2) is 23.4 Å². The van der Waals surface area contributed by atoms with E-state index in [9.17, 15) is 0 Å². The first-order valence-electron chi connectivity index (χ1n) is 4.05. The van der Waals surface area contributed by atoms with E-state index in [1.54, 1.807) is 0 Å². The molecule has 0 radical (unpaired) electrons. The first-order valence-corrected chi connectivity index (χ1v) is 4.05. The number of rotatable bonds is 4. The van der Waals surface area contributed by atoms with E-state index >= 15 is 0 Å². The maximum Gasteiger partial charge on any atom is 0.0430 e. The monoisotopic (exact) mass is 250 g/mol. The van der Waals surface area contributed by atoms with Crippen molar-refractivity contribution in [3.05, 3.63) is 0 Å². The molecule has 0 heterocycles. The van der Waals surface area contributed by atoms with Crippen molar-refractivity contribution >= 4 is 0 Å². The fraction of sp³-hybridized carbons (Fsp3) is 1.00. The van der Waals surface area contributed by atoms with Crippen LogP contribution in [0.2, 0.25) is 0 Å². The molecule has 0 rings (SSSR count). The zero-order valence-electron chi connectivity index (χ0n) is 7.49. The van der Waals surface area contributed by atoms with Crippen molar-refractivity contribution in [2.45, 2.75) is 39.5 Å². The minimum absolute atomic E-state index is 0. The largest absolute Gasteiger partial charge is 0.396 e. The molecule has 2 nitrogen and oxygen atoms in total. The van der Waals surface area contributed by atoms with Crippen molar-refractivity contribution in [3.8, 4) is 0 Å². The predicted octanol–water partition coefficient (Wildman–Crippen LogP) is 1.56. The van der Waals surface area contributed by atoms with Crippen LogP contribution in [0.25, 0.3) is 0 Å². The van der Waals surface area contributed by atoms with Crippen LogP contribution in [-0.2, 0) is 19.5 Å². The predicted molar refractivity (Wildman–Crippen MR) is 44.0 cm³/mol. The van der Waals surface area contributed by atoms with E-state index in [1.807, 2.05) is 0 Å². The molecule has 11 heavy (non-hydrogen) atoms. The van der Waals surface area contributed by atoms with Crippen LogP contribution in [0.3, 0.4) is 0 Å². The Morgan fingerprint density at radius 3 is 1.09 bits per heavy atom. The van der Waals surface area contributed by atoms with Crippen LogP contribution in [0.5, 0.6) is 0 Å². The average Bonchev–Trinajstić information content (AvgIpc) is 1.93. The Balaban J connectivity index is -0.000000107. The minimum atomic E-state index is 0. The minimum Gasteiger partial charge on any atom is -0.396 e. The second-order valence-electron chi connectivity index (χ2n) is 2.15. The van der Waals surface area contributed by atoms with Gasteiger partial charge in [0.25, 0.3) is 0 Å². The van der Waals surface area contributed by atoms with Gasteiger partial charge < -0.3 is 10.2 Å². The normalized spacial score (nSPS) is 7.64. The van der Waals surface area contributed by atoms with Crippen molar-refractivity contribution in [1.29, 1.82) is 0 Å². The summed E-state index contributed by atoms with van der Waals surface area (Å²) in [7, 11) is 0. The van der Waals surface area contributed by atoms with Gasteiger partial charge in [0.1, 0.15) is 0 Å². The topological polar surface area (TPSA) is 40.5 Å². The van der Waals surface area contributed by atoms with E-state index in [0.717, 1.165) is 25.7 Å². The van der Waals surface area contributed by atoms with Gasteiger partial charge in [0.05, 0.1) is 0 Å². The number of hydrogen-bond donors (Lipinski definition) is 2. The third-order valence-electron chi connectivity index (χ3n) is 1.02. The summed E-state index contributed by atoms with van der Waals surface area (Å²) in [4.78, 5) is 0. The van der Waals surface area contributed by atoms with Gasteiger partial charge in [-0.3, -0.25) is 0 Å². The summed E-state index contributed by atoms with van der Waals surface area (Å²) in [5.41, 5.74) is 0. The smallest absolute Gasteiger partial charge is 0.0430 e. The summed E-state index contributed by atoms with van der Waals surface area (Å²) in [6.45, 7) is 4.79. The van der Waals surface area contributed by atoms with Crippen LogP contribution in [0.15, 0.2) is 0 Å². The Morgan fingerprint density at radius 2 is 1.09 bits per heavy atom. The van der Waals surface area contributed by atoms with E-state index in [2.05, 4.69) is 13.8 Å². The molecular weight excluding hydrogens is 229 g/mol. The third kappa shape index (κ3) is 37.3. The van der Waals surface area contributed by atoms with Crippen molar-refractivity contribution in [2.75, 3.05) is 13.2 Å². The van der Waals surface area contributed by atoms with Gasteiger partial charge in [-0.25, -0.2) is 0 Å². The number of aliphatic hydroxyl groups is 2. The van der Waals surface area contributed by atoms with Crippen molar-refractivity contribution < 1.29 is 29.7 Å². The number of unbranched alkanes of at least 4 members (excludes halogenated alkanes) is 2. The molecule has 0 aromatic carbocycles. The van der Waals surface area contributed by atoms with Crippen LogP contribution >= 0.6 is 0 Å². The fourth-order valence-electron chi connectivity index (χ4n) is 0.316. The zero-order valence-corrected chi connectivity index (χ0v) is 9.23. The van der Waals surface area contributed by atoms with E-state index in [0.29, 0.717) is 13.2 Å². The first kappa shape index (κ1) is 17.6. The maximum atomic E-state index is 8.07. The standard InChI is InChI=1S/2C4H10O.Ru/c2*1-2-3-4-5;/h2*5H,2-4H2,1H3;. The molecule has 3 heteroatoms. The van der Waals surface area contributed by atoms with Gasteiger partial charge in [0.2, 0.25) is 0 Å². The molecule has 2 N–H and O–H groups in total. The molecule has 0 unspecified atom stereocenters.